The number of hydrogen-bond donors (Lipinski definition) is 0. The Morgan fingerprint density at radius 1 is 1.44 bits per heavy atom. The zero-order valence-electron chi connectivity index (χ0n) is 15.9. The van der Waals surface area contributed by atoms with Gasteiger partial charge in [-0.25, -0.2) is 8.42 Å². The maximum Gasteiger partial charge on any atom is 0.266 e. The summed E-state index contributed by atoms with van der Waals surface area (Å²) in [5.41, 5.74) is 2.23. The van der Waals surface area contributed by atoms with Crippen molar-refractivity contribution in [3.05, 3.63) is 41.2 Å². The van der Waals surface area contributed by atoms with Gasteiger partial charge in [-0.1, -0.05) is 37.3 Å². The van der Waals surface area contributed by atoms with Crippen LogP contribution in [-0.4, -0.2) is 42.0 Å². The minimum Gasteiger partial charge on any atom is -0.313 e. The highest BCUT2D eigenvalue weighted by atomic mass is 32.2. The summed E-state index contributed by atoms with van der Waals surface area (Å²) in [6.07, 6.45) is 4.10. The fourth-order valence-corrected chi connectivity index (χ4v) is 5.60. The molecular weight excluding hydrogens is 382 g/mol. The third-order valence-electron chi connectivity index (χ3n) is 4.81. The molecule has 0 saturated carbocycles. The van der Waals surface area contributed by atoms with Crippen molar-refractivity contribution in [3.8, 4) is 0 Å². The van der Waals surface area contributed by atoms with Gasteiger partial charge in [-0.05, 0) is 36.5 Å². The molecule has 8 heteroatoms. The summed E-state index contributed by atoms with van der Waals surface area (Å²) in [5.74, 6) is 0.0135. The van der Waals surface area contributed by atoms with Crippen molar-refractivity contribution in [3.63, 3.8) is 0 Å². The van der Waals surface area contributed by atoms with Crippen molar-refractivity contribution >= 4 is 37.5 Å². The molecule has 0 aliphatic carbocycles. The van der Waals surface area contributed by atoms with Crippen LogP contribution >= 0.6 is 11.3 Å². The number of carbonyl (C=O) groups excluding carboxylic acids is 1. The van der Waals surface area contributed by atoms with Gasteiger partial charge >= 0.3 is 0 Å². The molecule has 1 amide bonds. The third-order valence-corrected chi connectivity index (χ3v) is 7.14. The van der Waals surface area contributed by atoms with Crippen molar-refractivity contribution in [1.29, 1.82) is 0 Å². The number of nitrogens with zero attached hydrogens (tertiary/aromatic N) is 3. The first-order chi connectivity index (χ1) is 12.7. The average molecular weight is 408 g/mol. The van der Waals surface area contributed by atoms with Gasteiger partial charge in [-0.2, -0.15) is 9.30 Å². The van der Waals surface area contributed by atoms with Crippen LogP contribution < -0.4 is 4.80 Å². The normalized spacial score (nSPS) is 19.3. The Bertz CT molecular complexity index is 1050. The van der Waals surface area contributed by atoms with Gasteiger partial charge in [-0.15, -0.1) is 6.58 Å². The minimum absolute atomic E-state index is 0.377. The molecule has 146 valence electrons. The highest BCUT2D eigenvalue weighted by Gasteiger charge is 2.36. The number of allylic oxidation sites excluding steroid dienone is 1. The Balaban J connectivity index is 2.07. The maximum atomic E-state index is 12.8. The summed E-state index contributed by atoms with van der Waals surface area (Å²) in [6, 6.07) is 5.57. The van der Waals surface area contributed by atoms with E-state index in [0.29, 0.717) is 36.7 Å². The van der Waals surface area contributed by atoms with E-state index in [1.54, 1.807) is 6.08 Å². The standard InChI is InChI=1S/C19H25N3O3S2/c1-5-10-21-15-9-8-14(13(2)3)12-17(15)26-19(21)20-18(23)16-7-6-11-22(16)27(4,24)25/h5,8-9,12-13,16H,1,6-7,10-11H2,2-4H3. The van der Waals surface area contributed by atoms with Gasteiger partial charge in [0.1, 0.15) is 6.04 Å². The summed E-state index contributed by atoms with van der Waals surface area (Å²) in [7, 11) is -3.42. The number of fused-ring (bicyclic) bond motifs is 1. The predicted octanol–water partition coefficient (Wildman–Crippen LogP) is 2.86. The van der Waals surface area contributed by atoms with Crippen LogP contribution in [0.15, 0.2) is 35.8 Å². The van der Waals surface area contributed by atoms with Gasteiger partial charge in [0.25, 0.3) is 5.91 Å². The van der Waals surface area contributed by atoms with Gasteiger partial charge in [-0.3, -0.25) is 4.79 Å². The fourth-order valence-electron chi connectivity index (χ4n) is 3.39. The Labute approximate surface area is 163 Å². The molecule has 2 heterocycles. The Morgan fingerprint density at radius 2 is 2.19 bits per heavy atom. The largest absolute Gasteiger partial charge is 0.313 e. The molecule has 1 aliphatic rings. The van der Waals surface area contributed by atoms with Crippen molar-refractivity contribution in [2.75, 3.05) is 12.8 Å². The summed E-state index contributed by atoms with van der Waals surface area (Å²) >= 11 is 1.45. The van der Waals surface area contributed by atoms with Crippen LogP contribution in [-0.2, 0) is 21.4 Å². The maximum absolute atomic E-state index is 12.8. The highest BCUT2D eigenvalue weighted by molar-refractivity contribution is 7.88. The number of carbonyl (C=O) groups is 1. The lowest BCUT2D eigenvalue weighted by atomic mass is 10.0. The molecule has 1 aromatic carbocycles. The molecule has 1 unspecified atom stereocenters. The number of rotatable bonds is 5. The van der Waals surface area contributed by atoms with Crippen molar-refractivity contribution in [2.45, 2.75) is 45.2 Å². The molecule has 3 rings (SSSR count). The summed E-state index contributed by atoms with van der Waals surface area (Å²) in [6.45, 7) is 8.99. The van der Waals surface area contributed by atoms with Crippen LogP contribution in [0.3, 0.4) is 0 Å². The van der Waals surface area contributed by atoms with Gasteiger partial charge < -0.3 is 4.57 Å². The monoisotopic (exact) mass is 407 g/mol. The van der Waals surface area contributed by atoms with Crippen LogP contribution in [0.5, 0.6) is 0 Å². The van der Waals surface area contributed by atoms with E-state index >= 15 is 0 Å². The van der Waals surface area contributed by atoms with Crippen LogP contribution in [0.1, 0.15) is 38.2 Å². The molecule has 1 aliphatic heterocycles. The molecule has 0 bridgehead atoms. The smallest absolute Gasteiger partial charge is 0.266 e. The Hall–Kier alpha value is -1.77. The van der Waals surface area contributed by atoms with E-state index in [9.17, 15) is 13.2 Å². The second kappa shape index (κ2) is 7.69. The van der Waals surface area contributed by atoms with E-state index in [-0.39, 0.29) is 0 Å². The predicted molar refractivity (Wildman–Crippen MR) is 109 cm³/mol. The number of aromatic nitrogens is 1. The van der Waals surface area contributed by atoms with Crippen LogP contribution in [0.2, 0.25) is 0 Å². The SMILES string of the molecule is C=CCn1c(=NC(=O)C2CCCN2S(C)(=O)=O)sc2cc(C(C)C)ccc21. The summed E-state index contributed by atoms with van der Waals surface area (Å²) < 4.78 is 28.1. The summed E-state index contributed by atoms with van der Waals surface area (Å²) in [5, 5.41) is 0. The lowest BCUT2D eigenvalue weighted by Crippen LogP contribution is -2.39. The fraction of sp³-hybridized carbons (Fsp3) is 0.474. The minimum atomic E-state index is -3.42. The first kappa shape index (κ1) is 20.0. The zero-order chi connectivity index (χ0) is 19.8. The molecule has 6 nitrogen and oxygen atoms in total. The molecule has 0 spiro atoms. The number of benzene rings is 1. The second-order valence-corrected chi connectivity index (χ2v) is 10.1. The van der Waals surface area contributed by atoms with Crippen molar-refractivity contribution in [1.82, 2.24) is 8.87 Å². The molecule has 1 atom stereocenters. The van der Waals surface area contributed by atoms with Gasteiger partial charge in [0.2, 0.25) is 10.0 Å². The van der Waals surface area contributed by atoms with E-state index in [0.717, 1.165) is 16.5 Å². The van der Waals surface area contributed by atoms with Crippen LogP contribution in [0.25, 0.3) is 10.2 Å². The van der Waals surface area contributed by atoms with E-state index in [1.807, 2.05) is 10.6 Å². The van der Waals surface area contributed by atoms with Crippen molar-refractivity contribution in [2.24, 2.45) is 4.99 Å². The number of hydrogen-bond acceptors (Lipinski definition) is 4. The Morgan fingerprint density at radius 3 is 2.81 bits per heavy atom. The second-order valence-electron chi connectivity index (χ2n) is 7.15. The van der Waals surface area contributed by atoms with E-state index in [1.165, 1.54) is 21.2 Å². The highest BCUT2D eigenvalue weighted by Crippen LogP contribution is 2.24. The molecule has 1 fully saturated rings. The molecule has 0 radical (unpaired) electrons. The zero-order valence-corrected chi connectivity index (χ0v) is 17.5. The third kappa shape index (κ3) is 4.07. The van der Waals surface area contributed by atoms with Gasteiger partial charge in [0.05, 0.1) is 16.5 Å². The van der Waals surface area contributed by atoms with Gasteiger partial charge in [0.15, 0.2) is 4.80 Å². The molecule has 2 aromatic rings. The van der Waals surface area contributed by atoms with Crippen LogP contribution in [0, 0.1) is 0 Å². The lowest BCUT2D eigenvalue weighted by molar-refractivity contribution is -0.121. The first-order valence-electron chi connectivity index (χ1n) is 9.02. The quantitative estimate of drug-likeness (QED) is 0.716. The summed E-state index contributed by atoms with van der Waals surface area (Å²) in [4.78, 5) is 17.7. The molecule has 27 heavy (non-hydrogen) atoms. The number of amides is 1. The van der Waals surface area contributed by atoms with E-state index < -0.39 is 22.0 Å². The molecule has 1 saturated heterocycles. The average Bonchev–Trinajstić information content (AvgIpc) is 3.20. The first-order valence-corrected chi connectivity index (χ1v) is 11.7. The Kier molecular flexibility index (Phi) is 5.69. The van der Waals surface area contributed by atoms with E-state index in [4.69, 9.17) is 0 Å². The van der Waals surface area contributed by atoms with Gasteiger partial charge in [0, 0.05) is 13.1 Å². The number of sulfonamides is 1. The van der Waals surface area contributed by atoms with Crippen molar-refractivity contribution < 1.29 is 13.2 Å². The molecular formula is C19H25N3O3S2. The van der Waals surface area contributed by atoms with Crippen LogP contribution in [0.4, 0.5) is 0 Å². The number of thiazole rings is 1. The molecule has 0 N–H and O–H groups in total. The lowest BCUT2D eigenvalue weighted by Gasteiger charge is -2.18. The topological polar surface area (TPSA) is 71.7 Å². The van der Waals surface area contributed by atoms with E-state index in [2.05, 4.69) is 37.6 Å². The molecule has 1 aromatic heterocycles.